The first-order chi connectivity index (χ1) is 9.08. The third kappa shape index (κ3) is 3.13. The van der Waals surface area contributed by atoms with Gasteiger partial charge in [0.15, 0.2) is 5.75 Å². The van der Waals surface area contributed by atoms with Crippen LogP contribution in [0.5, 0.6) is 5.75 Å². The topological polar surface area (TPSA) is 70.1 Å². The molecule has 0 saturated carbocycles. The summed E-state index contributed by atoms with van der Waals surface area (Å²) in [6.45, 7) is 4.38. The molecule has 0 bridgehead atoms. The minimum absolute atomic E-state index is 0.287. The number of benzene rings is 1. The van der Waals surface area contributed by atoms with Crippen molar-refractivity contribution >= 4 is 5.91 Å². The van der Waals surface area contributed by atoms with Crippen LogP contribution in [0.25, 0.3) is 0 Å². The van der Waals surface area contributed by atoms with E-state index in [1.165, 1.54) is 0 Å². The number of primary amides is 1. The Bertz CT molecular complexity index is 576. The lowest BCUT2D eigenvalue weighted by molar-refractivity contribution is 0.0998. The Balaban J connectivity index is 2.08. The lowest BCUT2D eigenvalue weighted by atomic mass is 10.1. The summed E-state index contributed by atoms with van der Waals surface area (Å²) in [5.41, 5.74) is 6.57. The van der Waals surface area contributed by atoms with E-state index in [1.807, 2.05) is 36.9 Å². The van der Waals surface area contributed by atoms with Gasteiger partial charge in [-0.1, -0.05) is 18.2 Å². The third-order valence-electron chi connectivity index (χ3n) is 2.78. The first-order valence-corrected chi connectivity index (χ1v) is 6.12. The minimum atomic E-state index is -0.447. The first-order valence-electron chi connectivity index (χ1n) is 6.12. The number of aromatic nitrogens is 2. The average Bonchev–Trinajstić information content (AvgIpc) is 2.85. The van der Waals surface area contributed by atoms with Gasteiger partial charge in [0.25, 0.3) is 0 Å². The molecule has 1 aromatic heterocycles. The van der Waals surface area contributed by atoms with Crippen LogP contribution in [-0.2, 0) is 6.61 Å². The Morgan fingerprint density at radius 1 is 1.42 bits per heavy atom. The monoisotopic (exact) mass is 259 g/mol. The van der Waals surface area contributed by atoms with Gasteiger partial charge in [0.2, 0.25) is 5.91 Å². The molecule has 100 valence electrons. The van der Waals surface area contributed by atoms with Crippen molar-refractivity contribution in [1.82, 2.24) is 9.78 Å². The van der Waals surface area contributed by atoms with Crippen molar-refractivity contribution in [3.05, 3.63) is 47.8 Å². The van der Waals surface area contributed by atoms with Crippen LogP contribution in [0.4, 0.5) is 0 Å². The van der Waals surface area contributed by atoms with Gasteiger partial charge in [-0.15, -0.1) is 0 Å². The van der Waals surface area contributed by atoms with Gasteiger partial charge in [-0.2, -0.15) is 5.10 Å². The van der Waals surface area contributed by atoms with Crippen LogP contribution in [0.1, 0.15) is 35.8 Å². The summed E-state index contributed by atoms with van der Waals surface area (Å²) in [5, 5.41) is 4.19. The quantitative estimate of drug-likeness (QED) is 0.894. The second-order valence-electron chi connectivity index (χ2n) is 4.56. The summed E-state index contributed by atoms with van der Waals surface area (Å²) in [5.74, 6) is 0.227. The number of amides is 1. The van der Waals surface area contributed by atoms with Gasteiger partial charge < -0.3 is 10.5 Å². The van der Waals surface area contributed by atoms with Gasteiger partial charge in [-0.25, -0.2) is 0 Å². The number of hydrogen-bond acceptors (Lipinski definition) is 3. The van der Waals surface area contributed by atoms with Crippen LogP contribution < -0.4 is 10.5 Å². The maximum atomic E-state index is 11.3. The van der Waals surface area contributed by atoms with Gasteiger partial charge in [0.1, 0.15) is 6.61 Å². The van der Waals surface area contributed by atoms with Crippen LogP contribution in [0.15, 0.2) is 36.7 Å². The Morgan fingerprint density at radius 3 is 2.79 bits per heavy atom. The first kappa shape index (κ1) is 13.1. The van der Waals surface area contributed by atoms with Crippen molar-refractivity contribution in [1.29, 1.82) is 0 Å². The molecule has 0 aliphatic rings. The number of hydrogen-bond donors (Lipinski definition) is 1. The smallest absolute Gasteiger partial charge is 0.249 e. The van der Waals surface area contributed by atoms with E-state index < -0.39 is 5.91 Å². The largest absolute Gasteiger partial charge is 0.486 e. The molecule has 0 aliphatic carbocycles. The van der Waals surface area contributed by atoms with Crippen LogP contribution in [0.2, 0.25) is 0 Å². The molecule has 1 aromatic carbocycles. The number of nitrogens with zero attached hydrogens (tertiary/aromatic N) is 2. The summed E-state index contributed by atoms with van der Waals surface area (Å²) in [4.78, 5) is 11.3. The number of rotatable bonds is 5. The minimum Gasteiger partial charge on any atom is -0.486 e. The Hall–Kier alpha value is -2.30. The summed E-state index contributed by atoms with van der Waals surface area (Å²) < 4.78 is 7.44. The molecule has 5 heteroatoms. The predicted octanol–water partition coefficient (Wildman–Crippen LogP) is 2.14. The maximum Gasteiger partial charge on any atom is 0.249 e. The van der Waals surface area contributed by atoms with Crippen LogP contribution in [-0.4, -0.2) is 15.7 Å². The van der Waals surface area contributed by atoms with Crippen LogP contribution in [0, 0.1) is 0 Å². The van der Waals surface area contributed by atoms with Gasteiger partial charge in [0.05, 0.1) is 12.4 Å². The molecule has 2 aromatic rings. The normalized spacial score (nSPS) is 10.7. The fraction of sp³-hybridized carbons (Fsp3) is 0.286. The van der Waals surface area contributed by atoms with E-state index in [0.29, 0.717) is 17.9 Å². The molecule has 0 atom stereocenters. The van der Waals surface area contributed by atoms with Crippen molar-refractivity contribution in [3.8, 4) is 5.75 Å². The van der Waals surface area contributed by atoms with E-state index >= 15 is 0 Å². The van der Waals surface area contributed by atoms with Crippen molar-refractivity contribution in [3.63, 3.8) is 0 Å². The molecular weight excluding hydrogens is 242 g/mol. The number of carbonyl (C=O) groups is 1. The van der Waals surface area contributed by atoms with Gasteiger partial charge in [0, 0.05) is 17.2 Å². The number of nitrogens with two attached hydrogens (primary N) is 1. The summed E-state index contributed by atoms with van der Waals surface area (Å²) in [6, 6.07) is 7.43. The molecule has 1 heterocycles. The zero-order chi connectivity index (χ0) is 13.8. The zero-order valence-corrected chi connectivity index (χ0v) is 11.0. The van der Waals surface area contributed by atoms with Crippen LogP contribution in [0.3, 0.4) is 0 Å². The molecule has 0 unspecified atom stereocenters. The summed E-state index contributed by atoms with van der Waals surface area (Å²) >= 11 is 0. The zero-order valence-electron chi connectivity index (χ0n) is 11.0. The highest BCUT2D eigenvalue weighted by molar-refractivity contribution is 5.94. The Morgan fingerprint density at radius 2 is 2.16 bits per heavy atom. The fourth-order valence-electron chi connectivity index (χ4n) is 1.73. The van der Waals surface area contributed by atoms with Crippen molar-refractivity contribution in [2.24, 2.45) is 5.73 Å². The van der Waals surface area contributed by atoms with E-state index in [2.05, 4.69) is 5.10 Å². The lowest BCUT2D eigenvalue weighted by Crippen LogP contribution is -2.14. The highest BCUT2D eigenvalue weighted by Crippen LogP contribution is 2.16. The van der Waals surface area contributed by atoms with Gasteiger partial charge >= 0.3 is 0 Å². The molecule has 2 rings (SSSR count). The highest BCUT2D eigenvalue weighted by Gasteiger charge is 2.08. The molecule has 0 saturated heterocycles. The Labute approximate surface area is 112 Å². The highest BCUT2D eigenvalue weighted by atomic mass is 16.5. The molecule has 0 aliphatic heterocycles. The van der Waals surface area contributed by atoms with E-state index in [9.17, 15) is 4.79 Å². The second-order valence-corrected chi connectivity index (χ2v) is 4.56. The maximum absolute atomic E-state index is 11.3. The van der Waals surface area contributed by atoms with Gasteiger partial charge in [-0.3, -0.25) is 9.48 Å². The second kappa shape index (κ2) is 5.56. The molecular formula is C14H17N3O2. The van der Waals surface area contributed by atoms with E-state index in [4.69, 9.17) is 10.5 Å². The van der Waals surface area contributed by atoms with Crippen molar-refractivity contribution in [2.75, 3.05) is 0 Å². The average molecular weight is 259 g/mol. The third-order valence-corrected chi connectivity index (χ3v) is 2.78. The summed E-state index contributed by atoms with van der Waals surface area (Å²) in [6.07, 6.45) is 3.49. The molecule has 5 nitrogen and oxygen atoms in total. The predicted molar refractivity (Wildman–Crippen MR) is 71.9 cm³/mol. The fourth-order valence-corrected chi connectivity index (χ4v) is 1.73. The molecule has 0 radical (unpaired) electrons. The van der Waals surface area contributed by atoms with E-state index in [-0.39, 0.29) is 6.04 Å². The van der Waals surface area contributed by atoms with Crippen molar-refractivity contribution in [2.45, 2.75) is 26.5 Å². The Kier molecular flexibility index (Phi) is 3.85. The number of ether oxygens (including phenoxy) is 1. The summed E-state index contributed by atoms with van der Waals surface area (Å²) in [7, 11) is 0. The molecule has 19 heavy (non-hydrogen) atoms. The molecule has 1 amide bonds. The van der Waals surface area contributed by atoms with Crippen LogP contribution >= 0.6 is 0 Å². The van der Waals surface area contributed by atoms with E-state index in [1.54, 1.807) is 18.3 Å². The lowest BCUT2D eigenvalue weighted by Gasteiger charge is -2.07. The van der Waals surface area contributed by atoms with Gasteiger partial charge in [-0.05, 0) is 19.9 Å². The SMILES string of the molecule is CC(C)n1cc(OCc2ccccc2C(N)=O)cn1. The van der Waals surface area contributed by atoms with Crippen molar-refractivity contribution < 1.29 is 9.53 Å². The van der Waals surface area contributed by atoms with E-state index in [0.717, 1.165) is 5.56 Å². The molecule has 2 N–H and O–H groups in total. The number of carbonyl (C=O) groups excluding carboxylic acids is 1. The molecule has 0 spiro atoms. The standard InChI is InChI=1S/C14H17N3O2/c1-10(2)17-8-12(7-16-17)19-9-11-5-3-4-6-13(11)14(15)18/h3-8,10H,9H2,1-2H3,(H2,15,18). The molecule has 0 fully saturated rings.